The Balaban J connectivity index is 1.43. The zero-order valence-electron chi connectivity index (χ0n) is 20.1. The predicted molar refractivity (Wildman–Crippen MR) is 127 cm³/mol. The van der Waals surface area contributed by atoms with Crippen molar-refractivity contribution in [2.45, 2.75) is 32.5 Å². The smallest absolute Gasteiger partial charge is 0.251 e. The lowest BCUT2D eigenvalue weighted by atomic mass is 10.1. The van der Waals surface area contributed by atoms with Crippen LogP contribution in [-0.4, -0.2) is 60.0 Å². The van der Waals surface area contributed by atoms with Gasteiger partial charge in [0.2, 0.25) is 0 Å². The quantitative estimate of drug-likeness (QED) is 0.547. The molecule has 2 aromatic carbocycles. The van der Waals surface area contributed by atoms with Gasteiger partial charge in [0.15, 0.2) is 5.82 Å². The monoisotopic (exact) mass is 465 g/mol. The van der Waals surface area contributed by atoms with E-state index in [1.54, 1.807) is 39.5 Å². The minimum atomic E-state index is -0.287. The molecule has 0 aliphatic carbocycles. The molecule has 0 spiro atoms. The topological polar surface area (TPSA) is 90.7 Å². The lowest BCUT2D eigenvalue weighted by molar-refractivity contribution is 0.0937. The molecule has 34 heavy (non-hydrogen) atoms. The van der Waals surface area contributed by atoms with Gasteiger partial charge >= 0.3 is 0 Å². The summed E-state index contributed by atoms with van der Waals surface area (Å²) < 4.78 is 18.3. The zero-order chi connectivity index (χ0) is 24.1. The summed E-state index contributed by atoms with van der Waals surface area (Å²) in [4.78, 5) is 15.1. The van der Waals surface area contributed by atoms with E-state index < -0.39 is 0 Å². The predicted octanol–water partition coefficient (Wildman–Crippen LogP) is 2.85. The van der Waals surface area contributed by atoms with Crippen LogP contribution < -0.4 is 19.5 Å². The number of fused-ring (bicyclic) bond motifs is 1. The molecule has 180 valence electrons. The molecule has 0 fully saturated rings. The number of benzene rings is 2. The summed E-state index contributed by atoms with van der Waals surface area (Å²) in [6.45, 7) is 5.09. The molecule has 0 saturated heterocycles. The average Bonchev–Trinajstić information content (AvgIpc) is 3.18. The normalized spacial score (nSPS) is 14.6. The maximum atomic E-state index is 12.8. The Bertz CT molecular complexity index is 1150. The van der Waals surface area contributed by atoms with E-state index in [1.165, 1.54) is 0 Å². The SMILES string of the molecule is COc1cccc(C(=O)N[C@@H](C)c2nnc3n2CCN(Cc2cc(OC)ccc2OC)CC3)c1. The number of nitrogens with zero attached hydrogens (tertiary/aromatic N) is 4. The highest BCUT2D eigenvalue weighted by atomic mass is 16.5. The Morgan fingerprint density at radius 3 is 2.56 bits per heavy atom. The molecule has 9 nitrogen and oxygen atoms in total. The summed E-state index contributed by atoms with van der Waals surface area (Å²) in [6.07, 6.45) is 0.774. The first-order chi connectivity index (χ1) is 16.5. The van der Waals surface area contributed by atoms with E-state index in [0.717, 1.165) is 61.3 Å². The van der Waals surface area contributed by atoms with Crippen molar-refractivity contribution in [1.82, 2.24) is 25.0 Å². The number of methoxy groups -OCH3 is 3. The van der Waals surface area contributed by atoms with Crippen molar-refractivity contribution >= 4 is 5.91 Å². The molecule has 1 aliphatic heterocycles. The molecule has 1 amide bonds. The van der Waals surface area contributed by atoms with Gasteiger partial charge in [-0.2, -0.15) is 0 Å². The summed E-state index contributed by atoms with van der Waals surface area (Å²) in [5.41, 5.74) is 1.62. The largest absolute Gasteiger partial charge is 0.497 e. The van der Waals surface area contributed by atoms with E-state index in [4.69, 9.17) is 14.2 Å². The van der Waals surface area contributed by atoms with Crippen LogP contribution in [0.4, 0.5) is 0 Å². The molecular formula is C25H31N5O4. The molecular weight excluding hydrogens is 434 g/mol. The molecule has 3 aromatic rings. The van der Waals surface area contributed by atoms with Gasteiger partial charge in [0, 0.05) is 43.7 Å². The highest BCUT2D eigenvalue weighted by molar-refractivity contribution is 5.94. The molecule has 4 rings (SSSR count). The van der Waals surface area contributed by atoms with E-state index in [9.17, 15) is 4.79 Å². The number of rotatable bonds is 8. The first kappa shape index (κ1) is 23.6. The van der Waals surface area contributed by atoms with Crippen LogP contribution in [0.2, 0.25) is 0 Å². The van der Waals surface area contributed by atoms with Crippen molar-refractivity contribution in [3.63, 3.8) is 0 Å². The Labute approximate surface area is 199 Å². The average molecular weight is 466 g/mol. The summed E-state index contributed by atoms with van der Waals surface area (Å²) in [5.74, 6) is 3.81. The van der Waals surface area contributed by atoms with Crippen LogP contribution in [0, 0.1) is 0 Å². The summed E-state index contributed by atoms with van der Waals surface area (Å²) in [7, 11) is 4.93. The second kappa shape index (κ2) is 10.6. The van der Waals surface area contributed by atoms with Crippen molar-refractivity contribution in [3.05, 3.63) is 65.2 Å². The lowest BCUT2D eigenvalue weighted by Crippen LogP contribution is -2.30. The maximum absolute atomic E-state index is 12.8. The fourth-order valence-corrected chi connectivity index (χ4v) is 4.22. The standard InChI is InChI=1S/C25H31N5O4/c1-17(26-25(31)18-6-5-7-20(14-18)32-2)24-28-27-23-10-11-29(12-13-30(23)24)16-19-15-21(33-3)8-9-22(19)34-4/h5-9,14-15,17H,10-13,16H2,1-4H3,(H,26,31)/t17-/m0/s1. The highest BCUT2D eigenvalue weighted by Crippen LogP contribution is 2.26. The molecule has 0 saturated carbocycles. The van der Waals surface area contributed by atoms with Crippen LogP contribution >= 0.6 is 0 Å². The van der Waals surface area contributed by atoms with Crippen LogP contribution in [0.1, 0.15) is 40.5 Å². The van der Waals surface area contributed by atoms with Gasteiger partial charge in [0.25, 0.3) is 5.91 Å². The van der Waals surface area contributed by atoms with Crippen molar-refractivity contribution < 1.29 is 19.0 Å². The summed E-state index contributed by atoms with van der Waals surface area (Å²) >= 11 is 0. The van der Waals surface area contributed by atoms with E-state index in [-0.39, 0.29) is 11.9 Å². The fourth-order valence-electron chi connectivity index (χ4n) is 4.22. The highest BCUT2D eigenvalue weighted by Gasteiger charge is 2.24. The Morgan fingerprint density at radius 1 is 1.00 bits per heavy atom. The first-order valence-corrected chi connectivity index (χ1v) is 11.3. The van der Waals surface area contributed by atoms with Crippen molar-refractivity contribution in [1.29, 1.82) is 0 Å². The van der Waals surface area contributed by atoms with Crippen LogP contribution in [0.15, 0.2) is 42.5 Å². The van der Waals surface area contributed by atoms with Crippen LogP contribution in [-0.2, 0) is 19.5 Å². The number of nitrogens with one attached hydrogen (secondary N) is 1. The number of carbonyl (C=O) groups excluding carboxylic acids is 1. The molecule has 1 aromatic heterocycles. The Kier molecular flexibility index (Phi) is 7.32. The molecule has 0 unspecified atom stereocenters. The number of ether oxygens (including phenoxy) is 3. The number of hydrogen-bond donors (Lipinski definition) is 1. The van der Waals surface area contributed by atoms with Gasteiger partial charge in [0.1, 0.15) is 23.1 Å². The molecule has 9 heteroatoms. The number of carbonyl (C=O) groups is 1. The molecule has 0 radical (unpaired) electrons. The van der Waals surface area contributed by atoms with Crippen molar-refractivity contribution in [3.8, 4) is 17.2 Å². The van der Waals surface area contributed by atoms with Gasteiger partial charge in [0.05, 0.1) is 27.4 Å². The Morgan fingerprint density at radius 2 is 1.79 bits per heavy atom. The van der Waals surface area contributed by atoms with Gasteiger partial charge in [-0.05, 0) is 43.3 Å². The van der Waals surface area contributed by atoms with E-state index in [1.807, 2.05) is 31.2 Å². The van der Waals surface area contributed by atoms with Gasteiger partial charge in [-0.25, -0.2) is 0 Å². The van der Waals surface area contributed by atoms with Crippen molar-refractivity contribution in [2.75, 3.05) is 34.4 Å². The third-order valence-corrected chi connectivity index (χ3v) is 6.10. The zero-order valence-corrected chi connectivity index (χ0v) is 20.1. The third kappa shape index (κ3) is 5.14. The number of hydrogen-bond acceptors (Lipinski definition) is 7. The van der Waals surface area contributed by atoms with E-state index in [0.29, 0.717) is 11.3 Å². The van der Waals surface area contributed by atoms with Crippen molar-refractivity contribution in [2.24, 2.45) is 0 Å². The van der Waals surface area contributed by atoms with Gasteiger partial charge < -0.3 is 24.1 Å². The Hall–Kier alpha value is -3.59. The molecule has 2 heterocycles. The molecule has 1 atom stereocenters. The third-order valence-electron chi connectivity index (χ3n) is 6.10. The number of aromatic nitrogens is 3. The van der Waals surface area contributed by atoms with Crippen LogP contribution in [0.3, 0.4) is 0 Å². The summed E-state index contributed by atoms with van der Waals surface area (Å²) in [6, 6.07) is 12.7. The second-order valence-corrected chi connectivity index (χ2v) is 8.26. The van der Waals surface area contributed by atoms with Gasteiger partial charge in [-0.1, -0.05) is 6.07 Å². The molecule has 1 aliphatic rings. The minimum Gasteiger partial charge on any atom is -0.497 e. The number of amides is 1. The molecule has 1 N–H and O–H groups in total. The van der Waals surface area contributed by atoms with E-state index >= 15 is 0 Å². The fraction of sp³-hybridized carbons (Fsp3) is 0.400. The lowest BCUT2D eigenvalue weighted by Gasteiger charge is -2.21. The summed E-state index contributed by atoms with van der Waals surface area (Å²) in [5, 5.41) is 11.9. The van der Waals surface area contributed by atoms with Crippen LogP contribution in [0.5, 0.6) is 17.2 Å². The van der Waals surface area contributed by atoms with Gasteiger partial charge in [-0.15, -0.1) is 10.2 Å². The van der Waals surface area contributed by atoms with E-state index in [2.05, 4.69) is 25.0 Å². The molecule has 0 bridgehead atoms. The first-order valence-electron chi connectivity index (χ1n) is 11.3. The van der Waals surface area contributed by atoms with Crippen LogP contribution in [0.25, 0.3) is 0 Å². The maximum Gasteiger partial charge on any atom is 0.251 e. The minimum absolute atomic E-state index is 0.177. The van der Waals surface area contributed by atoms with Gasteiger partial charge in [-0.3, -0.25) is 9.69 Å². The second-order valence-electron chi connectivity index (χ2n) is 8.26.